The molecule has 0 aliphatic rings. The summed E-state index contributed by atoms with van der Waals surface area (Å²) < 4.78 is 5.62. The number of hydrogen-bond acceptors (Lipinski definition) is 2. The van der Waals surface area contributed by atoms with E-state index in [1.54, 1.807) is 6.07 Å². The Morgan fingerprint density at radius 3 is 2.76 bits per heavy atom. The number of benzene rings is 1. The van der Waals surface area contributed by atoms with Crippen molar-refractivity contribution in [3.8, 4) is 11.3 Å². The van der Waals surface area contributed by atoms with E-state index in [2.05, 4.69) is 0 Å². The molecule has 17 heavy (non-hydrogen) atoms. The minimum Gasteiger partial charge on any atom is -0.458 e. The fraction of sp³-hybridized carbons (Fsp3) is 0.286. The number of furan rings is 1. The van der Waals surface area contributed by atoms with Crippen LogP contribution in [0.2, 0.25) is 5.02 Å². The molecule has 0 spiro atoms. The first kappa shape index (κ1) is 12.2. The highest BCUT2D eigenvalue weighted by molar-refractivity contribution is 6.33. The van der Waals surface area contributed by atoms with Crippen LogP contribution in [-0.4, -0.2) is 5.11 Å². The number of halogens is 1. The fourth-order valence-electron chi connectivity index (χ4n) is 1.71. The molecule has 2 aromatic rings. The average Bonchev–Trinajstić information content (AvgIpc) is 2.80. The molecule has 0 saturated carbocycles. The molecule has 2 nitrogen and oxygen atoms in total. The molecule has 1 N–H and O–H groups in total. The van der Waals surface area contributed by atoms with Gasteiger partial charge in [0.25, 0.3) is 0 Å². The normalized spacial score (nSPS) is 12.7. The van der Waals surface area contributed by atoms with Crippen molar-refractivity contribution in [1.82, 2.24) is 0 Å². The van der Waals surface area contributed by atoms with Gasteiger partial charge in [-0.05, 0) is 37.6 Å². The Morgan fingerprint density at radius 1 is 1.29 bits per heavy atom. The van der Waals surface area contributed by atoms with Gasteiger partial charge in [0.15, 0.2) is 0 Å². The SMILES string of the molecule is CCC(O)c1ccc(-c2cc(C)ccc2Cl)o1. The lowest BCUT2D eigenvalue weighted by Gasteiger charge is -2.04. The summed E-state index contributed by atoms with van der Waals surface area (Å²) in [6, 6.07) is 9.42. The van der Waals surface area contributed by atoms with Gasteiger partial charge in [0.1, 0.15) is 17.6 Å². The number of rotatable bonds is 3. The van der Waals surface area contributed by atoms with E-state index in [1.165, 1.54) is 0 Å². The van der Waals surface area contributed by atoms with Gasteiger partial charge in [0.05, 0.1) is 5.02 Å². The van der Waals surface area contributed by atoms with Gasteiger partial charge in [-0.1, -0.05) is 30.2 Å². The first-order valence-corrected chi connectivity index (χ1v) is 6.04. The van der Waals surface area contributed by atoms with E-state index in [0.29, 0.717) is 23.0 Å². The number of aliphatic hydroxyl groups excluding tert-OH is 1. The molecule has 0 fully saturated rings. The molecule has 0 radical (unpaired) electrons. The van der Waals surface area contributed by atoms with Gasteiger partial charge in [0, 0.05) is 5.56 Å². The van der Waals surface area contributed by atoms with Crippen molar-refractivity contribution in [2.24, 2.45) is 0 Å². The zero-order chi connectivity index (χ0) is 12.4. The van der Waals surface area contributed by atoms with E-state index in [9.17, 15) is 5.11 Å². The van der Waals surface area contributed by atoms with E-state index in [-0.39, 0.29) is 0 Å². The molecule has 0 aliphatic heterocycles. The van der Waals surface area contributed by atoms with E-state index in [1.807, 2.05) is 38.1 Å². The van der Waals surface area contributed by atoms with Gasteiger partial charge in [-0.2, -0.15) is 0 Å². The largest absolute Gasteiger partial charge is 0.458 e. The second kappa shape index (κ2) is 4.94. The molecule has 90 valence electrons. The van der Waals surface area contributed by atoms with Crippen LogP contribution in [-0.2, 0) is 0 Å². The topological polar surface area (TPSA) is 33.4 Å². The highest BCUT2D eigenvalue weighted by Gasteiger charge is 2.13. The summed E-state index contributed by atoms with van der Waals surface area (Å²) in [4.78, 5) is 0. The monoisotopic (exact) mass is 250 g/mol. The molecule has 2 rings (SSSR count). The van der Waals surface area contributed by atoms with Crippen molar-refractivity contribution in [2.45, 2.75) is 26.4 Å². The molecular formula is C14H15ClO2. The van der Waals surface area contributed by atoms with Gasteiger partial charge in [-0.3, -0.25) is 0 Å². The fourth-order valence-corrected chi connectivity index (χ4v) is 1.92. The van der Waals surface area contributed by atoms with Crippen LogP contribution < -0.4 is 0 Å². The maximum absolute atomic E-state index is 9.69. The molecule has 0 amide bonds. The lowest BCUT2D eigenvalue weighted by Crippen LogP contribution is -1.91. The van der Waals surface area contributed by atoms with Crippen molar-refractivity contribution < 1.29 is 9.52 Å². The van der Waals surface area contributed by atoms with Crippen LogP contribution in [0, 0.1) is 6.92 Å². The Morgan fingerprint density at radius 2 is 2.06 bits per heavy atom. The van der Waals surface area contributed by atoms with E-state index in [4.69, 9.17) is 16.0 Å². The van der Waals surface area contributed by atoms with Crippen molar-refractivity contribution in [3.63, 3.8) is 0 Å². The van der Waals surface area contributed by atoms with Gasteiger partial charge in [0.2, 0.25) is 0 Å². The summed E-state index contributed by atoms with van der Waals surface area (Å²) in [7, 11) is 0. The molecule has 0 bridgehead atoms. The number of aryl methyl sites for hydroxylation is 1. The van der Waals surface area contributed by atoms with Gasteiger partial charge in [-0.25, -0.2) is 0 Å². The third-order valence-corrected chi connectivity index (χ3v) is 3.06. The summed E-state index contributed by atoms with van der Waals surface area (Å²) in [5.74, 6) is 1.28. The van der Waals surface area contributed by atoms with Crippen LogP contribution in [0.15, 0.2) is 34.7 Å². The summed E-state index contributed by atoms with van der Waals surface area (Å²) in [5, 5.41) is 10.3. The summed E-state index contributed by atoms with van der Waals surface area (Å²) in [5.41, 5.74) is 1.99. The summed E-state index contributed by atoms with van der Waals surface area (Å²) >= 11 is 6.13. The van der Waals surface area contributed by atoms with Crippen molar-refractivity contribution in [3.05, 3.63) is 46.7 Å². The van der Waals surface area contributed by atoms with Gasteiger partial charge < -0.3 is 9.52 Å². The first-order chi connectivity index (χ1) is 8.11. The Hall–Kier alpha value is -1.25. The zero-order valence-corrected chi connectivity index (χ0v) is 10.7. The second-order valence-corrected chi connectivity index (χ2v) is 4.52. The van der Waals surface area contributed by atoms with Crippen LogP contribution >= 0.6 is 11.6 Å². The predicted molar refractivity (Wildman–Crippen MR) is 69.1 cm³/mol. The van der Waals surface area contributed by atoms with Crippen LogP contribution in [0.5, 0.6) is 0 Å². The van der Waals surface area contributed by atoms with Gasteiger partial charge in [-0.15, -0.1) is 0 Å². The number of aliphatic hydroxyl groups is 1. The molecule has 1 unspecified atom stereocenters. The predicted octanol–water partition coefficient (Wildman–Crippen LogP) is 4.35. The average molecular weight is 251 g/mol. The molecule has 0 aliphatic carbocycles. The summed E-state index contributed by atoms with van der Waals surface area (Å²) in [6.45, 7) is 3.91. The van der Waals surface area contributed by atoms with Crippen LogP contribution in [0.4, 0.5) is 0 Å². The highest BCUT2D eigenvalue weighted by Crippen LogP contribution is 2.32. The first-order valence-electron chi connectivity index (χ1n) is 5.66. The van der Waals surface area contributed by atoms with E-state index in [0.717, 1.165) is 11.1 Å². The van der Waals surface area contributed by atoms with Crippen molar-refractivity contribution in [2.75, 3.05) is 0 Å². The Kier molecular flexibility index (Phi) is 3.55. The van der Waals surface area contributed by atoms with Crippen LogP contribution in [0.25, 0.3) is 11.3 Å². The molecular weight excluding hydrogens is 236 g/mol. The maximum Gasteiger partial charge on any atom is 0.135 e. The Bertz CT molecular complexity index is 517. The standard InChI is InChI=1S/C14H15ClO2/c1-3-12(16)14-7-6-13(17-14)10-8-9(2)4-5-11(10)15/h4-8,12,16H,3H2,1-2H3. The van der Waals surface area contributed by atoms with E-state index >= 15 is 0 Å². The molecule has 1 aromatic carbocycles. The third kappa shape index (κ3) is 2.54. The van der Waals surface area contributed by atoms with Crippen molar-refractivity contribution >= 4 is 11.6 Å². The Balaban J connectivity index is 2.40. The second-order valence-electron chi connectivity index (χ2n) is 4.11. The van der Waals surface area contributed by atoms with Crippen LogP contribution in [0.1, 0.15) is 30.8 Å². The van der Waals surface area contributed by atoms with Crippen LogP contribution in [0.3, 0.4) is 0 Å². The minimum absolute atomic E-state index is 0.549. The van der Waals surface area contributed by atoms with Crippen molar-refractivity contribution in [1.29, 1.82) is 0 Å². The lowest BCUT2D eigenvalue weighted by atomic mass is 10.1. The third-order valence-electron chi connectivity index (χ3n) is 2.73. The lowest BCUT2D eigenvalue weighted by molar-refractivity contribution is 0.147. The molecule has 1 aromatic heterocycles. The minimum atomic E-state index is -0.549. The smallest absolute Gasteiger partial charge is 0.135 e. The maximum atomic E-state index is 9.69. The molecule has 1 atom stereocenters. The zero-order valence-electron chi connectivity index (χ0n) is 9.90. The summed E-state index contributed by atoms with van der Waals surface area (Å²) in [6.07, 6.45) is 0.0847. The molecule has 1 heterocycles. The molecule has 0 saturated heterocycles. The van der Waals surface area contributed by atoms with Gasteiger partial charge >= 0.3 is 0 Å². The quantitative estimate of drug-likeness (QED) is 0.879. The molecule has 3 heteroatoms. The highest BCUT2D eigenvalue weighted by atomic mass is 35.5. The Labute approximate surface area is 106 Å². The van der Waals surface area contributed by atoms with E-state index < -0.39 is 6.10 Å². The number of hydrogen-bond donors (Lipinski definition) is 1.